The molecule has 86 valence electrons. The van der Waals surface area contributed by atoms with Gasteiger partial charge in [-0.3, -0.25) is 4.79 Å². The highest BCUT2D eigenvalue weighted by atomic mass is 16.1. The summed E-state index contributed by atoms with van der Waals surface area (Å²) in [7, 11) is 0. The van der Waals surface area contributed by atoms with Crippen LogP contribution in [0.1, 0.15) is 5.56 Å². The van der Waals surface area contributed by atoms with Crippen molar-refractivity contribution in [2.24, 2.45) is 5.92 Å². The molecule has 0 unspecified atom stereocenters. The van der Waals surface area contributed by atoms with Gasteiger partial charge in [0.15, 0.2) is 0 Å². The molecular weight excluding hydrogens is 210 g/mol. The average Bonchev–Trinajstić information content (AvgIpc) is 2.61. The molecule has 0 saturated heterocycles. The molecule has 1 aromatic rings. The van der Waals surface area contributed by atoms with Crippen LogP contribution in [0.25, 0.3) is 0 Å². The van der Waals surface area contributed by atoms with Gasteiger partial charge in [0, 0.05) is 5.69 Å². The van der Waals surface area contributed by atoms with Crippen LogP contribution in [-0.4, -0.2) is 5.91 Å². The topological polar surface area (TPSA) is 29.1 Å². The van der Waals surface area contributed by atoms with Crippen LogP contribution in [0.5, 0.6) is 0 Å². The van der Waals surface area contributed by atoms with Gasteiger partial charge in [0.05, 0.1) is 5.92 Å². The number of rotatable bonds is 2. The normalized spacial score (nSPS) is 14.6. The molecule has 0 atom stereocenters. The molecular formula is C15H15NO. The summed E-state index contributed by atoms with van der Waals surface area (Å²) in [5.41, 5.74) is 1.94. The monoisotopic (exact) mass is 225 g/mol. The van der Waals surface area contributed by atoms with Gasteiger partial charge in [-0.1, -0.05) is 54.7 Å². The van der Waals surface area contributed by atoms with Gasteiger partial charge >= 0.3 is 0 Å². The highest BCUT2D eigenvalue weighted by molar-refractivity contribution is 5.95. The molecule has 1 N–H and O–H groups in total. The Morgan fingerprint density at radius 2 is 1.71 bits per heavy atom. The van der Waals surface area contributed by atoms with E-state index in [0.717, 1.165) is 11.3 Å². The number of amides is 1. The largest absolute Gasteiger partial charge is 0.325 e. The summed E-state index contributed by atoms with van der Waals surface area (Å²) in [6.45, 7) is 1.98. The first kappa shape index (κ1) is 11.4. The van der Waals surface area contributed by atoms with Gasteiger partial charge in [-0.15, -0.1) is 0 Å². The summed E-state index contributed by atoms with van der Waals surface area (Å²) in [4.78, 5) is 12.0. The lowest BCUT2D eigenvalue weighted by Gasteiger charge is -2.11. The third kappa shape index (κ3) is 2.94. The summed E-state index contributed by atoms with van der Waals surface area (Å²) < 4.78 is 0. The Morgan fingerprint density at radius 3 is 2.35 bits per heavy atom. The molecule has 0 spiro atoms. The first-order valence-electron chi connectivity index (χ1n) is 5.65. The van der Waals surface area contributed by atoms with E-state index in [0.29, 0.717) is 0 Å². The maximum atomic E-state index is 12.0. The zero-order valence-corrected chi connectivity index (χ0v) is 9.76. The minimum absolute atomic E-state index is 0.00417. The van der Waals surface area contributed by atoms with Crippen LogP contribution >= 0.6 is 0 Å². The molecule has 1 amide bonds. The number of para-hydroxylation sites is 1. The van der Waals surface area contributed by atoms with Gasteiger partial charge in [-0.05, 0) is 18.6 Å². The number of allylic oxidation sites excluding steroid dienone is 4. The van der Waals surface area contributed by atoms with Gasteiger partial charge in [-0.2, -0.15) is 0 Å². The molecule has 0 fully saturated rings. The number of nitrogens with one attached hydrogen (secondary N) is 1. The molecule has 17 heavy (non-hydrogen) atoms. The number of hydrogen-bond donors (Lipinski definition) is 1. The van der Waals surface area contributed by atoms with Gasteiger partial charge < -0.3 is 5.32 Å². The fourth-order valence-electron chi connectivity index (χ4n) is 1.66. The van der Waals surface area contributed by atoms with Crippen molar-refractivity contribution in [3.05, 3.63) is 66.3 Å². The number of carbonyl (C=O) groups excluding carboxylic acids is 1. The second kappa shape index (κ2) is 5.30. The van der Waals surface area contributed by atoms with Gasteiger partial charge in [0.2, 0.25) is 5.91 Å². The second-order valence-corrected chi connectivity index (χ2v) is 3.98. The molecule has 0 heterocycles. The fourth-order valence-corrected chi connectivity index (χ4v) is 1.66. The zero-order valence-electron chi connectivity index (χ0n) is 9.76. The Kier molecular flexibility index (Phi) is 3.55. The molecule has 0 radical (unpaired) electrons. The summed E-state index contributed by atoms with van der Waals surface area (Å²) in [5.74, 6) is -0.208. The summed E-state index contributed by atoms with van der Waals surface area (Å²) in [6.07, 6.45) is 11.4. The number of benzene rings is 1. The third-order valence-electron chi connectivity index (χ3n) is 2.68. The van der Waals surface area contributed by atoms with E-state index in [1.807, 2.05) is 67.6 Å². The van der Waals surface area contributed by atoms with Gasteiger partial charge in [0.1, 0.15) is 0 Å². The number of anilines is 1. The van der Waals surface area contributed by atoms with Crippen molar-refractivity contribution in [2.75, 3.05) is 5.32 Å². The summed E-state index contributed by atoms with van der Waals surface area (Å²) >= 11 is 0. The van der Waals surface area contributed by atoms with Crippen LogP contribution in [0.4, 0.5) is 5.69 Å². The molecule has 1 aliphatic rings. The minimum atomic E-state index is -0.204. The molecule has 0 bridgehead atoms. The predicted molar refractivity (Wildman–Crippen MR) is 70.7 cm³/mol. The van der Waals surface area contributed by atoms with Crippen molar-refractivity contribution < 1.29 is 4.79 Å². The van der Waals surface area contributed by atoms with Crippen molar-refractivity contribution in [1.29, 1.82) is 0 Å². The van der Waals surface area contributed by atoms with E-state index in [1.54, 1.807) is 0 Å². The minimum Gasteiger partial charge on any atom is -0.325 e. The van der Waals surface area contributed by atoms with Crippen molar-refractivity contribution >= 4 is 11.6 Å². The molecule has 1 aliphatic carbocycles. The van der Waals surface area contributed by atoms with Gasteiger partial charge in [0.25, 0.3) is 0 Å². The zero-order chi connectivity index (χ0) is 12.1. The summed E-state index contributed by atoms with van der Waals surface area (Å²) in [6, 6.07) is 7.77. The van der Waals surface area contributed by atoms with Crippen LogP contribution in [0.2, 0.25) is 0 Å². The SMILES string of the molecule is Cc1ccccc1NC(=O)C1C=CC=CC=C1. The first-order valence-corrected chi connectivity index (χ1v) is 5.65. The van der Waals surface area contributed by atoms with Crippen molar-refractivity contribution in [1.82, 2.24) is 0 Å². The standard InChI is InChI=1S/C15H15NO/c1-12-8-6-7-11-14(12)16-15(17)13-9-4-2-3-5-10-13/h2-11,13H,1H3,(H,16,17). The fraction of sp³-hybridized carbons (Fsp3) is 0.133. The first-order chi connectivity index (χ1) is 8.27. The van der Waals surface area contributed by atoms with E-state index < -0.39 is 0 Å². The van der Waals surface area contributed by atoms with Crippen molar-refractivity contribution in [2.45, 2.75) is 6.92 Å². The van der Waals surface area contributed by atoms with Crippen molar-refractivity contribution in [3.8, 4) is 0 Å². The highest BCUT2D eigenvalue weighted by Gasteiger charge is 2.13. The third-order valence-corrected chi connectivity index (χ3v) is 2.68. The molecule has 0 saturated carbocycles. The Balaban J connectivity index is 2.10. The molecule has 0 aromatic heterocycles. The van der Waals surface area contributed by atoms with E-state index in [-0.39, 0.29) is 11.8 Å². The Morgan fingerprint density at radius 1 is 1.06 bits per heavy atom. The Bertz CT molecular complexity index is 481. The Labute approximate surface area is 101 Å². The number of aryl methyl sites for hydroxylation is 1. The molecule has 0 aliphatic heterocycles. The van der Waals surface area contributed by atoms with Crippen LogP contribution < -0.4 is 5.32 Å². The number of carbonyl (C=O) groups is 1. The lowest BCUT2D eigenvalue weighted by Crippen LogP contribution is -2.20. The molecule has 2 rings (SSSR count). The van der Waals surface area contributed by atoms with E-state index in [1.165, 1.54) is 0 Å². The van der Waals surface area contributed by atoms with E-state index in [4.69, 9.17) is 0 Å². The second-order valence-electron chi connectivity index (χ2n) is 3.98. The molecule has 1 aromatic carbocycles. The van der Waals surface area contributed by atoms with Crippen LogP contribution in [0, 0.1) is 12.8 Å². The number of hydrogen-bond acceptors (Lipinski definition) is 1. The lowest BCUT2D eigenvalue weighted by atomic mass is 10.1. The smallest absolute Gasteiger partial charge is 0.235 e. The lowest BCUT2D eigenvalue weighted by molar-refractivity contribution is -0.117. The van der Waals surface area contributed by atoms with E-state index >= 15 is 0 Å². The van der Waals surface area contributed by atoms with Crippen LogP contribution in [-0.2, 0) is 4.79 Å². The maximum Gasteiger partial charge on any atom is 0.235 e. The van der Waals surface area contributed by atoms with E-state index in [2.05, 4.69) is 5.32 Å². The Hall–Kier alpha value is -2.09. The van der Waals surface area contributed by atoms with Crippen LogP contribution in [0.3, 0.4) is 0 Å². The maximum absolute atomic E-state index is 12.0. The molecule has 2 heteroatoms. The average molecular weight is 225 g/mol. The predicted octanol–water partition coefficient (Wildman–Crippen LogP) is 3.23. The van der Waals surface area contributed by atoms with E-state index in [9.17, 15) is 4.79 Å². The van der Waals surface area contributed by atoms with Crippen LogP contribution in [0.15, 0.2) is 60.7 Å². The van der Waals surface area contributed by atoms with Crippen molar-refractivity contribution in [3.63, 3.8) is 0 Å². The molecule has 2 nitrogen and oxygen atoms in total. The van der Waals surface area contributed by atoms with Gasteiger partial charge in [-0.25, -0.2) is 0 Å². The summed E-state index contributed by atoms with van der Waals surface area (Å²) in [5, 5.41) is 2.94. The quantitative estimate of drug-likeness (QED) is 0.822. The highest BCUT2D eigenvalue weighted by Crippen LogP contribution is 2.15.